The van der Waals surface area contributed by atoms with E-state index >= 15 is 0 Å². The first-order valence-electron chi connectivity index (χ1n) is 12.4. The van der Waals surface area contributed by atoms with Crippen LogP contribution >= 0.6 is 0 Å². The number of hydrogen-bond acceptors (Lipinski definition) is 3. The number of allylic oxidation sites excluding steroid dienone is 1. The Hall–Kier alpha value is -4.24. The van der Waals surface area contributed by atoms with E-state index in [1.165, 1.54) is 11.1 Å². The molecule has 6 rings (SSSR count). The van der Waals surface area contributed by atoms with Crippen LogP contribution in [0.25, 0.3) is 28.4 Å². The van der Waals surface area contributed by atoms with Crippen LogP contribution in [0.3, 0.4) is 0 Å². The van der Waals surface area contributed by atoms with Gasteiger partial charge in [-0.15, -0.1) is 0 Å². The highest BCUT2D eigenvalue weighted by atomic mass is 16.3. The lowest BCUT2D eigenvalue weighted by Crippen LogP contribution is -2.05. The predicted octanol–water partition coefficient (Wildman–Crippen LogP) is 7.70. The highest BCUT2D eigenvalue weighted by molar-refractivity contribution is 5.97. The summed E-state index contributed by atoms with van der Waals surface area (Å²) < 4.78 is 6.22. The van der Waals surface area contributed by atoms with Gasteiger partial charge in [-0.1, -0.05) is 72.3 Å². The number of Topliss-reactive ketones (excluding diaryl/α,β-unsaturated/α-hetero) is 1. The highest BCUT2D eigenvalue weighted by Gasteiger charge is 2.19. The van der Waals surface area contributed by atoms with Crippen LogP contribution < -0.4 is 0 Å². The Labute approximate surface area is 211 Å². The number of pyridine rings is 1. The molecule has 1 aliphatic rings. The van der Waals surface area contributed by atoms with Gasteiger partial charge < -0.3 is 4.42 Å². The molecule has 0 unspecified atom stereocenters. The minimum absolute atomic E-state index is 0.141. The number of nitrogens with zero attached hydrogens (tertiary/aromatic N) is 1. The number of hydrogen-bond donors (Lipinski definition) is 0. The summed E-state index contributed by atoms with van der Waals surface area (Å²) in [6.07, 6.45) is 6.25. The van der Waals surface area contributed by atoms with Gasteiger partial charge in [-0.3, -0.25) is 9.78 Å². The monoisotopic (exact) mass is 469 g/mol. The molecule has 0 bridgehead atoms. The van der Waals surface area contributed by atoms with E-state index in [9.17, 15) is 4.79 Å². The lowest BCUT2D eigenvalue weighted by molar-refractivity contribution is 0.0993. The van der Waals surface area contributed by atoms with Crippen LogP contribution in [0.1, 0.15) is 49.6 Å². The maximum absolute atomic E-state index is 12.9. The highest BCUT2D eigenvalue weighted by Crippen LogP contribution is 2.35. The summed E-state index contributed by atoms with van der Waals surface area (Å²) in [5, 5.41) is 1.10. The molecule has 176 valence electrons. The van der Waals surface area contributed by atoms with Crippen LogP contribution in [0.2, 0.25) is 0 Å². The topological polar surface area (TPSA) is 43.1 Å². The van der Waals surface area contributed by atoms with Gasteiger partial charge in [0.05, 0.1) is 5.69 Å². The molecule has 0 amide bonds. The van der Waals surface area contributed by atoms with Crippen molar-refractivity contribution in [3.05, 3.63) is 130 Å². The Balaban J connectivity index is 1.32. The van der Waals surface area contributed by atoms with E-state index in [4.69, 9.17) is 9.40 Å². The smallest absolute Gasteiger partial charge is 0.167 e. The van der Waals surface area contributed by atoms with Crippen molar-refractivity contribution in [3.8, 4) is 11.3 Å². The van der Waals surface area contributed by atoms with Crippen LogP contribution in [-0.2, 0) is 19.3 Å². The summed E-state index contributed by atoms with van der Waals surface area (Å²) >= 11 is 0. The Morgan fingerprint density at radius 1 is 0.944 bits per heavy atom. The summed E-state index contributed by atoms with van der Waals surface area (Å²) in [5.41, 5.74) is 10.5. The van der Waals surface area contributed by atoms with Crippen LogP contribution in [0, 0.1) is 13.8 Å². The minimum Gasteiger partial charge on any atom is -0.456 e. The maximum atomic E-state index is 12.9. The van der Waals surface area contributed by atoms with Crippen molar-refractivity contribution in [2.45, 2.75) is 33.1 Å². The van der Waals surface area contributed by atoms with Gasteiger partial charge >= 0.3 is 0 Å². The standard InChI is InChI=1S/C33H27NO2/c1-21-7-5-9-24(15-21)31(35)17-23-14-13-22(2)26(16-23)18-27-20-29(28-10-6-11-30(28)34-27)33-19-25-8-3-4-12-32(25)36-33/h3-10,12-16,19-20H,11,17-18H2,1-2H3. The van der Waals surface area contributed by atoms with Gasteiger partial charge in [0.2, 0.25) is 0 Å². The molecule has 0 atom stereocenters. The number of ketones is 1. The third-order valence-corrected chi connectivity index (χ3v) is 6.97. The van der Waals surface area contributed by atoms with Crippen molar-refractivity contribution in [3.63, 3.8) is 0 Å². The van der Waals surface area contributed by atoms with Crippen LogP contribution in [0.4, 0.5) is 0 Å². The Kier molecular flexibility index (Phi) is 5.61. The molecule has 0 saturated carbocycles. The fourth-order valence-corrected chi connectivity index (χ4v) is 5.03. The van der Waals surface area contributed by atoms with E-state index in [0.717, 1.165) is 62.4 Å². The average molecular weight is 470 g/mol. The number of benzene rings is 3. The van der Waals surface area contributed by atoms with Crippen molar-refractivity contribution in [2.24, 2.45) is 0 Å². The minimum atomic E-state index is 0.141. The zero-order chi connectivity index (χ0) is 24.6. The molecule has 2 aromatic heterocycles. The first kappa shape index (κ1) is 22.2. The lowest BCUT2D eigenvalue weighted by atomic mass is 9.95. The molecule has 2 heterocycles. The molecular formula is C33H27NO2. The van der Waals surface area contributed by atoms with E-state index in [1.807, 2.05) is 49.4 Å². The van der Waals surface area contributed by atoms with Crippen molar-refractivity contribution in [2.75, 3.05) is 0 Å². The Morgan fingerprint density at radius 3 is 2.69 bits per heavy atom. The van der Waals surface area contributed by atoms with Crippen molar-refractivity contribution >= 4 is 22.8 Å². The summed E-state index contributed by atoms with van der Waals surface area (Å²) in [4.78, 5) is 17.9. The zero-order valence-corrected chi connectivity index (χ0v) is 20.5. The second kappa shape index (κ2) is 9.09. The molecule has 3 aromatic carbocycles. The van der Waals surface area contributed by atoms with Gasteiger partial charge in [0.15, 0.2) is 5.78 Å². The van der Waals surface area contributed by atoms with Crippen LogP contribution in [-0.4, -0.2) is 10.8 Å². The van der Waals surface area contributed by atoms with Gasteiger partial charge in [0.1, 0.15) is 11.3 Å². The van der Waals surface area contributed by atoms with Crippen molar-refractivity contribution in [1.29, 1.82) is 0 Å². The molecule has 0 radical (unpaired) electrons. The molecule has 0 spiro atoms. The van der Waals surface area contributed by atoms with E-state index in [1.54, 1.807) is 0 Å². The van der Waals surface area contributed by atoms with E-state index in [2.05, 4.69) is 55.5 Å². The number of furan rings is 1. The van der Waals surface area contributed by atoms with Crippen molar-refractivity contribution in [1.82, 2.24) is 4.98 Å². The van der Waals surface area contributed by atoms with E-state index in [-0.39, 0.29) is 5.78 Å². The number of aryl methyl sites for hydroxylation is 2. The molecule has 5 aromatic rings. The summed E-state index contributed by atoms with van der Waals surface area (Å²) in [6.45, 7) is 4.13. The first-order chi connectivity index (χ1) is 17.5. The van der Waals surface area contributed by atoms with Gasteiger partial charge in [0, 0.05) is 47.0 Å². The Bertz CT molecular complexity index is 1620. The fourth-order valence-electron chi connectivity index (χ4n) is 5.03. The number of carbonyl (C=O) groups excluding carboxylic acids is 1. The maximum Gasteiger partial charge on any atom is 0.167 e. The van der Waals surface area contributed by atoms with Crippen molar-refractivity contribution < 1.29 is 9.21 Å². The molecule has 0 aliphatic heterocycles. The Morgan fingerprint density at radius 2 is 1.83 bits per heavy atom. The summed E-state index contributed by atoms with van der Waals surface area (Å²) in [6, 6.07) is 26.5. The largest absolute Gasteiger partial charge is 0.456 e. The van der Waals surface area contributed by atoms with Crippen LogP contribution in [0.15, 0.2) is 89.4 Å². The number of fused-ring (bicyclic) bond motifs is 2. The molecule has 0 N–H and O–H groups in total. The molecule has 0 saturated heterocycles. The third-order valence-electron chi connectivity index (χ3n) is 6.97. The molecule has 1 aliphatic carbocycles. The summed E-state index contributed by atoms with van der Waals surface area (Å²) in [7, 11) is 0. The quantitative estimate of drug-likeness (QED) is 0.239. The second-order valence-corrected chi connectivity index (χ2v) is 9.68. The second-order valence-electron chi connectivity index (χ2n) is 9.68. The van der Waals surface area contributed by atoms with Gasteiger partial charge in [-0.25, -0.2) is 0 Å². The third kappa shape index (κ3) is 4.29. The van der Waals surface area contributed by atoms with Gasteiger partial charge in [0.25, 0.3) is 0 Å². The average Bonchev–Trinajstić information content (AvgIpc) is 3.52. The molecule has 36 heavy (non-hydrogen) atoms. The molecule has 0 fully saturated rings. The number of para-hydroxylation sites is 1. The molecular weight excluding hydrogens is 442 g/mol. The zero-order valence-electron chi connectivity index (χ0n) is 20.5. The normalized spacial score (nSPS) is 12.3. The SMILES string of the molecule is Cc1cccc(C(=O)Cc2ccc(C)c(Cc3cc(-c4cc5ccccc5o4)c4c(n3)CC=C4)c2)c1. The number of rotatable bonds is 6. The van der Waals surface area contributed by atoms with E-state index in [0.29, 0.717) is 12.8 Å². The fraction of sp³-hybridized carbons (Fsp3) is 0.152. The van der Waals surface area contributed by atoms with Gasteiger partial charge in [-0.05, 0) is 54.8 Å². The summed E-state index contributed by atoms with van der Waals surface area (Å²) in [5.74, 6) is 1.01. The predicted molar refractivity (Wildman–Crippen MR) is 145 cm³/mol. The van der Waals surface area contributed by atoms with E-state index < -0.39 is 0 Å². The number of aromatic nitrogens is 1. The number of carbonyl (C=O) groups is 1. The lowest BCUT2D eigenvalue weighted by Gasteiger charge is -2.12. The molecule has 3 nitrogen and oxygen atoms in total. The first-order valence-corrected chi connectivity index (χ1v) is 12.4. The van der Waals surface area contributed by atoms with Gasteiger partial charge in [-0.2, -0.15) is 0 Å². The molecule has 3 heteroatoms. The van der Waals surface area contributed by atoms with Crippen LogP contribution in [0.5, 0.6) is 0 Å².